The number of nitrogens with zero attached hydrogens (tertiary/aromatic N) is 1. The van der Waals surface area contributed by atoms with Crippen molar-refractivity contribution in [3.8, 4) is 0 Å². The van der Waals surface area contributed by atoms with Crippen LogP contribution in [-0.2, 0) is 11.3 Å². The van der Waals surface area contributed by atoms with E-state index < -0.39 is 0 Å². The van der Waals surface area contributed by atoms with Crippen molar-refractivity contribution in [2.45, 2.75) is 33.4 Å². The topological polar surface area (TPSA) is 116 Å². The van der Waals surface area contributed by atoms with Gasteiger partial charge in [-0.2, -0.15) is 0 Å². The fraction of sp³-hybridized carbons (Fsp3) is 0.161. The first-order valence-corrected chi connectivity index (χ1v) is 12.7. The Hall–Kier alpha value is -4.98. The highest BCUT2D eigenvalue weighted by Gasteiger charge is 2.27. The molecule has 0 radical (unpaired) electrons. The van der Waals surface area contributed by atoms with Gasteiger partial charge in [0.2, 0.25) is 0 Å². The van der Waals surface area contributed by atoms with Crippen LogP contribution in [0.4, 0.5) is 5.69 Å². The lowest BCUT2D eigenvalue weighted by molar-refractivity contribution is -0.110. The molecule has 3 amide bonds. The summed E-state index contributed by atoms with van der Waals surface area (Å²) in [5.74, 6) is -0.723. The molecule has 1 aliphatic rings. The molecule has 0 fully saturated rings. The Morgan fingerprint density at radius 1 is 1.00 bits per heavy atom. The standard InChI is InChI=1S/C31H29N5O3/c1-18-27(34-20(3)28(18)31(39)33-17-23-11-7-8-14-32-23)16-25-24-15-22(12-13-26(24)36-30(25)38)29(37)35-19(2)21-9-5-4-6-10-21/h4-16,19,34H,17H2,1-3H3,(H,33,39)(H,35,37)(H,36,38)/b25-16-. The van der Waals surface area contributed by atoms with Crippen LogP contribution >= 0.6 is 0 Å². The average molecular weight is 520 g/mol. The van der Waals surface area contributed by atoms with Gasteiger partial charge < -0.3 is 20.9 Å². The first kappa shape index (κ1) is 25.7. The Labute approximate surface area is 226 Å². The maximum absolute atomic E-state index is 13.0. The molecule has 1 atom stereocenters. The van der Waals surface area contributed by atoms with E-state index in [0.29, 0.717) is 45.9 Å². The maximum atomic E-state index is 13.0. The lowest BCUT2D eigenvalue weighted by Crippen LogP contribution is -2.26. The predicted octanol–water partition coefficient (Wildman–Crippen LogP) is 4.94. The number of fused-ring (bicyclic) bond motifs is 1. The van der Waals surface area contributed by atoms with Gasteiger partial charge in [0.25, 0.3) is 17.7 Å². The highest BCUT2D eigenvalue weighted by atomic mass is 16.2. The van der Waals surface area contributed by atoms with E-state index in [-0.39, 0.29) is 23.8 Å². The minimum absolute atomic E-state index is 0.173. The van der Waals surface area contributed by atoms with Gasteiger partial charge in [-0.3, -0.25) is 19.4 Å². The van der Waals surface area contributed by atoms with Gasteiger partial charge in [-0.1, -0.05) is 36.4 Å². The van der Waals surface area contributed by atoms with E-state index in [1.807, 2.05) is 69.3 Å². The van der Waals surface area contributed by atoms with E-state index in [9.17, 15) is 14.4 Å². The van der Waals surface area contributed by atoms with E-state index in [0.717, 1.165) is 16.8 Å². The fourth-order valence-corrected chi connectivity index (χ4v) is 4.74. The molecule has 2 aromatic heterocycles. The van der Waals surface area contributed by atoms with Gasteiger partial charge in [0.05, 0.1) is 29.4 Å². The zero-order valence-electron chi connectivity index (χ0n) is 22.0. The number of aromatic amines is 1. The van der Waals surface area contributed by atoms with E-state index in [2.05, 4.69) is 25.9 Å². The minimum atomic E-state index is -0.270. The van der Waals surface area contributed by atoms with E-state index in [1.165, 1.54) is 0 Å². The lowest BCUT2D eigenvalue weighted by Gasteiger charge is -2.14. The summed E-state index contributed by atoms with van der Waals surface area (Å²) in [7, 11) is 0. The van der Waals surface area contributed by atoms with Crippen molar-refractivity contribution in [1.29, 1.82) is 0 Å². The van der Waals surface area contributed by atoms with Gasteiger partial charge in [-0.05, 0) is 68.3 Å². The number of rotatable bonds is 7. The molecular formula is C31H29N5O3. The number of aromatic nitrogens is 2. The quantitative estimate of drug-likeness (QED) is 0.259. The third kappa shape index (κ3) is 5.36. The van der Waals surface area contributed by atoms with E-state index in [1.54, 1.807) is 30.5 Å². The number of hydrogen-bond acceptors (Lipinski definition) is 4. The van der Waals surface area contributed by atoms with Gasteiger partial charge >= 0.3 is 0 Å². The Kier molecular flexibility index (Phi) is 7.10. The normalized spacial score (nSPS) is 14.0. The number of amides is 3. The second kappa shape index (κ2) is 10.8. The number of H-pyrrole nitrogens is 1. The van der Waals surface area contributed by atoms with Crippen LogP contribution in [0.25, 0.3) is 11.6 Å². The molecule has 1 aliphatic heterocycles. The molecule has 196 valence electrons. The molecule has 5 rings (SSSR count). The molecule has 4 aromatic rings. The summed E-state index contributed by atoms with van der Waals surface area (Å²) in [6.07, 6.45) is 3.41. The van der Waals surface area contributed by atoms with E-state index in [4.69, 9.17) is 0 Å². The first-order chi connectivity index (χ1) is 18.8. The summed E-state index contributed by atoms with van der Waals surface area (Å²) >= 11 is 0. The number of benzene rings is 2. The van der Waals surface area contributed by atoms with Crippen LogP contribution in [0.3, 0.4) is 0 Å². The van der Waals surface area contributed by atoms with Gasteiger partial charge in [-0.25, -0.2) is 0 Å². The molecule has 8 nitrogen and oxygen atoms in total. The maximum Gasteiger partial charge on any atom is 0.256 e. The molecule has 0 saturated carbocycles. The minimum Gasteiger partial charge on any atom is -0.358 e. The van der Waals surface area contributed by atoms with E-state index >= 15 is 0 Å². The number of aryl methyl sites for hydroxylation is 1. The zero-order chi connectivity index (χ0) is 27.5. The van der Waals surface area contributed by atoms with Crippen molar-refractivity contribution in [2.75, 3.05) is 5.32 Å². The number of carbonyl (C=O) groups excluding carboxylic acids is 3. The van der Waals surface area contributed by atoms with Crippen LogP contribution in [0.15, 0.2) is 72.9 Å². The van der Waals surface area contributed by atoms with Crippen LogP contribution in [0.1, 0.15) is 67.5 Å². The zero-order valence-corrected chi connectivity index (χ0v) is 22.0. The van der Waals surface area contributed by atoms with Gasteiger partial charge in [-0.15, -0.1) is 0 Å². The SMILES string of the molecule is Cc1[nH]c(/C=C2\C(=O)Nc3ccc(C(=O)NC(C)c4ccccc4)cc32)c(C)c1C(=O)NCc1ccccn1. The Balaban J connectivity index is 1.38. The van der Waals surface area contributed by atoms with Crippen LogP contribution in [0.5, 0.6) is 0 Å². The lowest BCUT2D eigenvalue weighted by atomic mass is 10.0. The third-order valence-corrected chi connectivity index (χ3v) is 6.86. The molecule has 4 N–H and O–H groups in total. The molecule has 0 aliphatic carbocycles. The highest BCUT2D eigenvalue weighted by molar-refractivity contribution is 6.35. The summed E-state index contributed by atoms with van der Waals surface area (Å²) in [6, 6.07) is 20.2. The number of anilines is 1. The number of hydrogen-bond donors (Lipinski definition) is 4. The first-order valence-electron chi connectivity index (χ1n) is 12.7. The van der Waals surface area contributed by atoms with Crippen LogP contribution < -0.4 is 16.0 Å². The molecule has 1 unspecified atom stereocenters. The monoisotopic (exact) mass is 519 g/mol. The van der Waals surface area contributed by atoms with Gasteiger partial charge in [0, 0.05) is 34.4 Å². The third-order valence-electron chi connectivity index (χ3n) is 6.86. The highest BCUT2D eigenvalue weighted by Crippen LogP contribution is 2.35. The number of nitrogens with one attached hydrogen (secondary N) is 4. The van der Waals surface area contributed by atoms with Crippen molar-refractivity contribution in [1.82, 2.24) is 20.6 Å². The number of pyridine rings is 1. The Morgan fingerprint density at radius 2 is 1.77 bits per heavy atom. The largest absolute Gasteiger partial charge is 0.358 e. The van der Waals surface area contributed by atoms with Crippen LogP contribution in [0.2, 0.25) is 0 Å². The smallest absolute Gasteiger partial charge is 0.256 e. The van der Waals surface area contributed by atoms with Crippen molar-refractivity contribution in [3.63, 3.8) is 0 Å². The molecule has 8 heteroatoms. The second-order valence-corrected chi connectivity index (χ2v) is 9.55. The van der Waals surface area contributed by atoms with Gasteiger partial charge in [0.15, 0.2) is 0 Å². The van der Waals surface area contributed by atoms with Crippen LogP contribution in [0, 0.1) is 13.8 Å². The summed E-state index contributed by atoms with van der Waals surface area (Å²) < 4.78 is 0. The van der Waals surface area contributed by atoms with Gasteiger partial charge in [0.1, 0.15) is 0 Å². The average Bonchev–Trinajstić information content (AvgIpc) is 3.41. The van der Waals surface area contributed by atoms with Crippen molar-refractivity contribution in [2.24, 2.45) is 0 Å². The van der Waals surface area contributed by atoms with Crippen LogP contribution in [-0.4, -0.2) is 27.7 Å². The summed E-state index contributed by atoms with van der Waals surface area (Å²) in [5.41, 5.74) is 6.50. The predicted molar refractivity (Wildman–Crippen MR) is 151 cm³/mol. The Morgan fingerprint density at radius 3 is 2.51 bits per heavy atom. The van der Waals surface area contributed by atoms with Crippen molar-refractivity contribution in [3.05, 3.63) is 118 Å². The number of carbonyl (C=O) groups is 3. The summed E-state index contributed by atoms with van der Waals surface area (Å²) in [5, 5.41) is 8.79. The molecule has 39 heavy (non-hydrogen) atoms. The van der Waals surface area contributed by atoms with Crippen molar-refractivity contribution < 1.29 is 14.4 Å². The summed E-state index contributed by atoms with van der Waals surface area (Å²) in [4.78, 5) is 46.4. The molecule has 3 heterocycles. The molecular weight excluding hydrogens is 490 g/mol. The Bertz CT molecular complexity index is 1590. The summed E-state index contributed by atoms with van der Waals surface area (Å²) in [6.45, 7) is 5.90. The fourth-order valence-electron chi connectivity index (χ4n) is 4.74. The van der Waals surface area contributed by atoms with Crippen molar-refractivity contribution >= 4 is 35.1 Å². The second-order valence-electron chi connectivity index (χ2n) is 9.55. The molecule has 0 spiro atoms. The molecule has 2 aromatic carbocycles. The molecule has 0 saturated heterocycles. The molecule has 0 bridgehead atoms.